The number of anilines is 1. The fraction of sp³-hybridized carbons (Fsp3) is 0.400. The van der Waals surface area contributed by atoms with Crippen LogP contribution >= 0.6 is 23.4 Å². The molecule has 1 aromatic rings. The lowest BCUT2D eigenvalue weighted by molar-refractivity contribution is 0.702. The number of hydrogen-bond donors (Lipinski definition) is 2. The lowest BCUT2D eigenvalue weighted by Gasteiger charge is -2.26. The van der Waals surface area contributed by atoms with E-state index in [-0.39, 0.29) is 0 Å². The second-order valence-electron chi connectivity index (χ2n) is 3.35. The summed E-state index contributed by atoms with van der Waals surface area (Å²) in [5.41, 5.74) is 1.16. The Kier molecular flexibility index (Phi) is 3.21. The van der Waals surface area contributed by atoms with Gasteiger partial charge in [-0.05, 0) is 25.2 Å². The molecule has 2 N–H and O–H groups in total. The smallest absolute Gasteiger partial charge is 0.0496 e. The van der Waals surface area contributed by atoms with Crippen LogP contribution in [0.15, 0.2) is 23.1 Å². The summed E-state index contributed by atoms with van der Waals surface area (Å²) >= 11 is 7.82. The number of thioether (sulfide) groups is 1. The van der Waals surface area contributed by atoms with Crippen molar-refractivity contribution in [2.45, 2.75) is 10.9 Å². The summed E-state index contributed by atoms with van der Waals surface area (Å²) in [4.78, 5) is 1.29. The van der Waals surface area contributed by atoms with Crippen LogP contribution in [0.5, 0.6) is 0 Å². The summed E-state index contributed by atoms with van der Waals surface area (Å²) in [6.45, 7) is 0.985. The van der Waals surface area contributed by atoms with Crippen molar-refractivity contribution >= 4 is 29.1 Å². The van der Waals surface area contributed by atoms with Crippen LogP contribution < -0.4 is 10.6 Å². The summed E-state index contributed by atoms with van der Waals surface area (Å²) in [6.07, 6.45) is 0. The lowest BCUT2D eigenvalue weighted by Crippen LogP contribution is -2.35. The summed E-state index contributed by atoms with van der Waals surface area (Å²) in [5.74, 6) is 1.11. The van der Waals surface area contributed by atoms with Gasteiger partial charge in [-0.15, -0.1) is 11.8 Å². The number of fused-ring (bicyclic) bond motifs is 1. The van der Waals surface area contributed by atoms with E-state index in [9.17, 15) is 0 Å². The molecule has 0 fully saturated rings. The minimum atomic E-state index is 0.496. The van der Waals surface area contributed by atoms with E-state index in [1.807, 2.05) is 30.9 Å². The molecular weight excluding hydrogens is 216 g/mol. The van der Waals surface area contributed by atoms with E-state index in [0.717, 1.165) is 23.0 Å². The molecule has 1 aliphatic rings. The molecule has 0 radical (unpaired) electrons. The van der Waals surface area contributed by atoms with Gasteiger partial charge in [0.25, 0.3) is 0 Å². The second kappa shape index (κ2) is 4.43. The number of likely N-dealkylation sites (N-methyl/N-ethyl adjacent to an activating group) is 1. The Hall–Kier alpha value is -0.380. The predicted molar refractivity (Wildman–Crippen MR) is 63.5 cm³/mol. The molecule has 4 heteroatoms. The molecule has 0 saturated carbocycles. The maximum absolute atomic E-state index is 5.94. The van der Waals surface area contributed by atoms with Crippen LogP contribution in [0.4, 0.5) is 5.69 Å². The first-order chi connectivity index (χ1) is 6.79. The minimum Gasteiger partial charge on any atom is -0.379 e. The molecular formula is C10H13ClN2S. The summed E-state index contributed by atoms with van der Waals surface area (Å²) in [7, 11) is 1.97. The van der Waals surface area contributed by atoms with Crippen LogP contribution in [-0.2, 0) is 0 Å². The molecule has 0 bridgehead atoms. The van der Waals surface area contributed by atoms with Gasteiger partial charge in [-0.1, -0.05) is 11.6 Å². The average Bonchev–Trinajstić information content (AvgIpc) is 2.17. The van der Waals surface area contributed by atoms with Crippen molar-refractivity contribution in [1.29, 1.82) is 0 Å². The molecule has 1 aliphatic heterocycles. The first kappa shape index (κ1) is 10.1. The quantitative estimate of drug-likeness (QED) is 0.813. The first-order valence-electron chi connectivity index (χ1n) is 4.63. The molecule has 0 spiro atoms. The van der Waals surface area contributed by atoms with Crippen molar-refractivity contribution in [2.75, 3.05) is 24.7 Å². The first-order valence-corrected chi connectivity index (χ1v) is 5.99. The molecule has 1 unspecified atom stereocenters. The molecule has 2 nitrogen and oxygen atoms in total. The van der Waals surface area contributed by atoms with E-state index < -0.39 is 0 Å². The van der Waals surface area contributed by atoms with Crippen molar-refractivity contribution in [2.24, 2.45) is 0 Å². The maximum Gasteiger partial charge on any atom is 0.0496 e. The third kappa shape index (κ3) is 2.16. The zero-order valence-electron chi connectivity index (χ0n) is 8.01. The minimum absolute atomic E-state index is 0.496. The van der Waals surface area contributed by atoms with Gasteiger partial charge >= 0.3 is 0 Å². The van der Waals surface area contributed by atoms with Crippen molar-refractivity contribution in [1.82, 2.24) is 5.32 Å². The largest absolute Gasteiger partial charge is 0.379 e. The third-order valence-electron chi connectivity index (χ3n) is 2.19. The zero-order valence-corrected chi connectivity index (χ0v) is 9.58. The van der Waals surface area contributed by atoms with Crippen LogP contribution in [0.25, 0.3) is 0 Å². The number of nitrogens with one attached hydrogen (secondary N) is 2. The molecule has 2 rings (SSSR count). The zero-order chi connectivity index (χ0) is 9.97. The van der Waals surface area contributed by atoms with Gasteiger partial charge in [0.15, 0.2) is 0 Å². The molecule has 1 heterocycles. The molecule has 0 aliphatic carbocycles. The summed E-state index contributed by atoms with van der Waals surface area (Å²) in [5, 5.41) is 7.44. The molecule has 0 amide bonds. The Balaban J connectivity index is 2.16. The van der Waals surface area contributed by atoms with Gasteiger partial charge < -0.3 is 10.6 Å². The van der Waals surface area contributed by atoms with Gasteiger partial charge in [-0.2, -0.15) is 0 Å². The van der Waals surface area contributed by atoms with Gasteiger partial charge in [0, 0.05) is 33.9 Å². The third-order valence-corrected chi connectivity index (χ3v) is 3.66. The van der Waals surface area contributed by atoms with Crippen LogP contribution in [0, 0.1) is 0 Å². The Bertz CT molecular complexity index is 330. The Labute approximate surface area is 93.4 Å². The van der Waals surface area contributed by atoms with Gasteiger partial charge in [0.2, 0.25) is 0 Å². The highest BCUT2D eigenvalue weighted by atomic mass is 35.5. The number of benzene rings is 1. The van der Waals surface area contributed by atoms with Crippen molar-refractivity contribution in [3.05, 3.63) is 23.2 Å². The number of halogens is 1. The standard InChI is InChI=1S/C10H13ClN2S/c1-12-5-8-6-14-10-3-2-7(11)4-9(10)13-8/h2-4,8,12-13H,5-6H2,1H3. The van der Waals surface area contributed by atoms with E-state index >= 15 is 0 Å². The topological polar surface area (TPSA) is 24.1 Å². The van der Waals surface area contributed by atoms with Gasteiger partial charge in [-0.3, -0.25) is 0 Å². The lowest BCUT2D eigenvalue weighted by atomic mass is 10.2. The fourth-order valence-corrected chi connectivity index (χ4v) is 2.74. The molecule has 1 atom stereocenters. The number of rotatable bonds is 2. The highest BCUT2D eigenvalue weighted by molar-refractivity contribution is 7.99. The average molecular weight is 229 g/mol. The van der Waals surface area contributed by atoms with E-state index in [4.69, 9.17) is 11.6 Å². The van der Waals surface area contributed by atoms with Crippen LogP contribution in [0.2, 0.25) is 5.02 Å². The van der Waals surface area contributed by atoms with E-state index in [2.05, 4.69) is 16.7 Å². The molecule has 0 saturated heterocycles. The Morgan fingerprint density at radius 3 is 3.29 bits per heavy atom. The Morgan fingerprint density at radius 2 is 2.50 bits per heavy atom. The van der Waals surface area contributed by atoms with E-state index in [1.165, 1.54) is 4.90 Å². The van der Waals surface area contributed by atoms with Crippen LogP contribution in [0.3, 0.4) is 0 Å². The normalized spacial score (nSPS) is 20.0. The van der Waals surface area contributed by atoms with Gasteiger partial charge in [0.1, 0.15) is 0 Å². The van der Waals surface area contributed by atoms with Crippen molar-refractivity contribution in [3.8, 4) is 0 Å². The predicted octanol–water partition coefficient (Wildman–Crippen LogP) is 2.45. The van der Waals surface area contributed by atoms with Gasteiger partial charge in [-0.25, -0.2) is 0 Å². The number of hydrogen-bond acceptors (Lipinski definition) is 3. The molecule has 1 aromatic carbocycles. The fourth-order valence-electron chi connectivity index (χ4n) is 1.55. The molecule has 0 aromatic heterocycles. The van der Waals surface area contributed by atoms with E-state index in [0.29, 0.717) is 6.04 Å². The van der Waals surface area contributed by atoms with Crippen LogP contribution in [-0.4, -0.2) is 25.4 Å². The second-order valence-corrected chi connectivity index (χ2v) is 4.85. The van der Waals surface area contributed by atoms with E-state index in [1.54, 1.807) is 0 Å². The maximum atomic E-state index is 5.94. The molecule has 14 heavy (non-hydrogen) atoms. The highest BCUT2D eigenvalue weighted by Gasteiger charge is 2.17. The monoisotopic (exact) mass is 228 g/mol. The van der Waals surface area contributed by atoms with Crippen LogP contribution in [0.1, 0.15) is 0 Å². The van der Waals surface area contributed by atoms with Crippen molar-refractivity contribution < 1.29 is 0 Å². The summed E-state index contributed by atoms with van der Waals surface area (Å²) in [6, 6.07) is 6.50. The highest BCUT2D eigenvalue weighted by Crippen LogP contribution is 2.34. The summed E-state index contributed by atoms with van der Waals surface area (Å²) < 4.78 is 0. The van der Waals surface area contributed by atoms with Crippen molar-refractivity contribution in [3.63, 3.8) is 0 Å². The Morgan fingerprint density at radius 1 is 1.64 bits per heavy atom. The molecule has 76 valence electrons. The van der Waals surface area contributed by atoms with Gasteiger partial charge in [0.05, 0.1) is 0 Å². The SMILES string of the molecule is CNCC1CSc2ccc(Cl)cc2N1.